The Kier molecular flexibility index (Phi) is 7.84. The summed E-state index contributed by atoms with van der Waals surface area (Å²) in [5, 5.41) is 26.5. The molecule has 0 aliphatic carbocycles. The van der Waals surface area contributed by atoms with Crippen LogP contribution in [0.25, 0.3) is 0 Å². The number of hydrogen-bond donors (Lipinski definition) is 3. The van der Waals surface area contributed by atoms with Crippen LogP contribution in [-0.4, -0.2) is 59.9 Å². The largest absolute Gasteiger partial charge is 0.460 e. The molecule has 6 nitrogen and oxygen atoms in total. The van der Waals surface area contributed by atoms with Gasteiger partial charge in [0.15, 0.2) is 0 Å². The highest BCUT2D eigenvalue weighted by Gasteiger charge is 2.08. The summed E-state index contributed by atoms with van der Waals surface area (Å²) >= 11 is 0. The van der Waals surface area contributed by atoms with E-state index in [9.17, 15) is 9.90 Å². The molecule has 2 atom stereocenters. The third-order valence-electron chi connectivity index (χ3n) is 1.42. The average molecular weight is 220 g/mol. The third kappa shape index (κ3) is 8.07. The molecule has 0 aromatic carbocycles. The van der Waals surface area contributed by atoms with Gasteiger partial charge in [0, 0.05) is 6.08 Å². The molecule has 0 heterocycles. The number of carbonyl (C=O) groups excluding carboxylic acids is 1. The standard InChI is InChI=1S/C9H16O6/c1-2-9(13)15-6-8(12)5-14-4-7(11)3-10/h2,7-8,10-12H,1,3-6H2. The van der Waals surface area contributed by atoms with E-state index in [-0.39, 0.29) is 19.8 Å². The molecule has 0 spiro atoms. The molecule has 15 heavy (non-hydrogen) atoms. The first kappa shape index (κ1) is 14.1. The van der Waals surface area contributed by atoms with Gasteiger partial charge >= 0.3 is 5.97 Å². The summed E-state index contributed by atoms with van der Waals surface area (Å²) in [7, 11) is 0. The summed E-state index contributed by atoms with van der Waals surface area (Å²) in [4.78, 5) is 10.6. The molecule has 0 amide bonds. The second-order valence-corrected chi connectivity index (χ2v) is 2.86. The van der Waals surface area contributed by atoms with Crippen LogP contribution in [-0.2, 0) is 14.3 Å². The van der Waals surface area contributed by atoms with E-state index in [0.717, 1.165) is 6.08 Å². The molecule has 0 fully saturated rings. The Morgan fingerprint density at radius 3 is 2.40 bits per heavy atom. The van der Waals surface area contributed by atoms with Crippen molar-refractivity contribution < 1.29 is 29.6 Å². The fourth-order valence-electron chi connectivity index (χ4n) is 0.678. The first-order valence-corrected chi connectivity index (χ1v) is 4.44. The molecular formula is C9H16O6. The van der Waals surface area contributed by atoms with Crippen molar-refractivity contribution in [1.82, 2.24) is 0 Å². The highest BCUT2D eigenvalue weighted by Crippen LogP contribution is 1.91. The molecule has 0 rings (SSSR count). The smallest absolute Gasteiger partial charge is 0.330 e. The van der Waals surface area contributed by atoms with Crippen LogP contribution in [0.2, 0.25) is 0 Å². The minimum atomic E-state index is -0.965. The Hall–Kier alpha value is -0.950. The molecule has 2 unspecified atom stereocenters. The highest BCUT2D eigenvalue weighted by molar-refractivity contribution is 5.81. The Morgan fingerprint density at radius 2 is 1.87 bits per heavy atom. The van der Waals surface area contributed by atoms with E-state index in [1.165, 1.54) is 0 Å². The maximum absolute atomic E-state index is 10.6. The number of hydrogen-bond acceptors (Lipinski definition) is 6. The van der Waals surface area contributed by atoms with Gasteiger partial charge in [-0.25, -0.2) is 4.79 Å². The van der Waals surface area contributed by atoms with E-state index in [4.69, 9.17) is 14.9 Å². The fourth-order valence-corrected chi connectivity index (χ4v) is 0.678. The van der Waals surface area contributed by atoms with Crippen molar-refractivity contribution in [2.75, 3.05) is 26.4 Å². The zero-order chi connectivity index (χ0) is 11.7. The van der Waals surface area contributed by atoms with E-state index in [1.54, 1.807) is 0 Å². The molecule has 0 aromatic heterocycles. The molecule has 6 heteroatoms. The normalized spacial score (nSPS) is 14.3. The molecule has 0 saturated carbocycles. The van der Waals surface area contributed by atoms with Crippen LogP contribution in [0.15, 0.2) is 12.7 Å². The maximum Gasteiger partial charge on any atom is 0.330 e. The summed E-state index contributed by atoms with van der Waals surface area (Å²) in [6.07, 6.45) is -0.934. The lowest BCUT2D eigenvalue weighted by molar-refractivity contribution is -0.142. The van der Waals surface area contributed by atoms with Gasteiger partial charge in [-0.1, -0.05) is 6.58 Å². The van der Waals surface area contributed by atoms with Gasteiger partial charge in [0.1, 0.15) is 18.8 Å². The summed E-state index contributed by atoms with van der Waals surface area (Å²) in [6, 6.07) is 0. The van der Waals surface area contributed by atoms with Gasteiger partial charge in [0.25, 0.3) is 0 Å². The summed E-state index contributed by atoms with van der Waals surface area (Å²) in [5.41, 5.74) is 0. The topological polar surface area (TPSA) is 96.2 Å². The molecule has 3 N–H and O–H groups in total. The first-order valence-electron chi connectivity index (χ1n) is 4.44. The van der Waals surface area contributed by atoms with Crippen LogP contribution in [0.5, 0.6) is 0 Å². The Labute approximate surface area is 87.7 Å². The molecule has 0 aromatic rings. The van der Waals surface area contributed by atoms with Gasteiger partial charge < -0.3 is 24.8 Å². The number of carbonyl (C=O) groups is 1. The SMILES string of the molecule is C=CC(=O)OCC(O)COCC(O)CO. The Morgan fingerprint density at radius 1 is 1.27 bits per heavy atom. The molecule has 0 bridgehead atoms. The number of aliphatic hydroxyl groups is 3. The van der Waals surface area contributed by atoms with Gasteiger partial charge in [-0.05, 0) is 0 Å². The van der Waals surface area contributed by atoms with Gasteiger partial charge in [-0.3, -0.25) is 0 Å². The van der Waals surface area contributed by atoms with E-state index >= 15 is 0 Å². The monoisotopic (exact) mass is 220 g/mol. The quantitative estimate of drug-likeness (QED) is 0.338. The van der Waals surface area contributed by atoms with E-state index < -0.39 is 24.8 Å². The van der Waals surface area contributed by atoms with Crippen LogP contribution in [0, 0.1) is 0 Å². The van der Waals surface area contributed by atoms with Crippen molar-refractivity contribution >= 4 is 5.97 Å². The van der Waals surface area contributed by atoms with Crippen LogP contribution in [0.4, 0.5) is 0 Å². The van der Waals surface area contributed by atoms with Crippen LogP contribution in [0.3, 0.4) is 0 Å². The van der Waals surface area contributed by atoms with Crippen molar-refractivity contribution in [3.05, 3.63) is 12.7 Å². The van der Waals surface area contributed by atoms with Gasteiger partial charge in [0.05, 0.1) is 19.8 Å². The lowest BCUT2D eigenvalue weighted by atomic mass is 10.4. The number of esters is 1. The number of rotatable bonds is 8. The Bertz CT molecular complexity index is 193. The average Bonchev–Trinajstić information content (AvgIpc) is 2.25. The van der Waals surface area contributed by atoms with E-state index in [0.29, 0.717) is 0 Å². The summed E-state index contributed by atoms with van der Waals surface area (Å²) < 4.78 is 9.37. The van der Waals surface area contributed by atoms with E-state index in [1.807, 2.05) is 0 Å². The predicted octanol–water partition coefficient (Wildman–Crippen LogP) is -1.55. The molecule has 0 radical (unpaired) electrons. The minimum Gasteiger partial charge on any atom is -0.460 e. The molecule has 88 valence electrons. The molecule has 0 saturated heterocycles. The fraction of sp³-hybridized carbons (Fsp3) is 0.667. The highest BCUT2D eigenvalue weighted by atomic mass is 16.5. The second kappa shape index (κ2) is 8.37. The maximum atomic E-state index is 10.6. The van der Waals surface area contributed by atoms with E-state index in [2.05, 4.69) is 11.3 Å². The molecule has 0 aliphatic heterocycles. The molecular weight excluding hydrogens is 204 g/mol. The van der Waals surface area contributed by atoms with Crippen LogP contribution >= 0.6 is 0 Å². The second-order valence-electron chi connectivity index (χ2n) is 2.86. The van der Waals surface area contributed by atoms with Crippen molar-refractivity contribution in [2.24, 2.45) is 0 Å². The van der Waals surface area contributed by atoms with Crippen molar-refractivity contribution in [3.8, 4) is 0 Å². The summed E-state index contributed by atoms with van der Waals surface area (Å²) in [5.74, 6) is -0.621. The zero-order valence-electron chi connectivity index (χ0n) is 8.33. The number of aliphatic hydroxyl groups excluding tert-OH is 3. The first-order chi connectivity index (χ1) is 7.10. The number of ether oxygens (including phenoxy) is 2. The predicted molar refractivity (Wildman–Crippen MR) is 51.1 cm³/mol. The van der Waals surface area contributed by atoms with Crippen molar-refractivity contribution in [3.63, 3.8) is 0 Å². The van der Waals surface area contributed by atoms with Gasteiger partial charge in [-0.2, -0.15) is 0 Å². The van der Waals surface area contributed by atoms with Gasteiger partial charge in [-0.15, -0.1) is 0 Å². The van der Waals surface area contributed by atoms with Crippen molar-refractivity contribution in [2.45, 2.75) is 12.2 Å². The Balaban J connectivity index is 3.44. The lowest BCUT2D eigenvalue weighted by Crippen LogP contribution is -2.27. The third-order valence-corrected chi connectivity index (χ3v) is 1.42. The molecule has 0 aliphatic rings. The van der Waals surface area contributed by atoms with Gasteiger partial charge in [0.2, 0.25) is 0 Å². The van der Waals surface area contributed by atoms with Crippen LogP contribution in [0.1, 0.15) is 0 Å². The zero-order valence-corrected chi connectivity index (χ0v) is 8.33. The minimum absolute atomic E-state index is 0.0804. The lowest BCUT2D eigenvalue weighted by Gasteiger charge is -2.12. The summed E-state index contributed by atoms with van der Waals surface area (Å²) in [6.45, 7) is 2.43. The van der Waals surface area contributed by atoms with Crippen molar-refractivity contribution in [1.29, 1.82) is 0 Å². The van der Waals surface area contributed by atoms with Crippen LogP contribution < -0.4 is 0 Å².